The van der Waals surface area contributed by atoms with Crippen LogP contribution in [0.25, 0.3) is 23.0 Å². The fourth-order valence-corrected chi connectivity index (χ4v) is 3.38. The molecule has 1 amide bonds. The topological polar surface area (TPSA) is 89.2 Å². The van der Waals surface area contributed by atoms with E-state index in [0.717, 1.165) is 22.6 Å². The van der Waals surface area contributed by atoms with Gasteiger partial charge >= 0.3 is 0 Å². The standard InChI is InChI=1S/C27H28N4O3/c1-4-14-34-24-11-12-25(20(2)16-24)26-22(19-31(30-26)23-9-6-5-7-10-23)17-21(18-28)27(32)29-13-8-15-33-3/h4-7,9-12,16-17,19H,1,8,13-15H2,2-3H3,(H,29,32)/b21-17+. The van der Waals surface area contributed by atoms with Gasteiger partial charge in [0.2, 0.25) is 0 Å². The Balaban J connectivity index is 2.01. The van der Waals surface area contributed by atoms with Gasteiger partial charge in [-0.2, -0.15) is 10.4 Å². The minimum Gasteiger partial charge on any atom is -0.490 e. The molecule has 1 heterocycles. The van der Waals surface area contributed by atoms with Gasteiger partial charge in [0.1, 0.15) is 29.7 Å². The number of ether oxygens (including phenoxy) is 2. The molecule has 0 unspecified atom stereocenters. The van der Waals surface area contributed by atoms with Crippen LogP contribution in [0.1, 0.15) is 17.5 Å². The molecular weight excluding hydrogens is 428 g/mol. The maximum Gasteiger partial charge on any atom is 0.261 e. The first-order chi connectivity index (χ1) is 16.6. The highest BCUT2D eigenvalue weighted by molar-refractivity contribution is 6.02. The molecule has 7 heteroatoms. The van der Waals surface area contributed by atoms with E-state index in [1.165, 1.54) is 0 Å². The highest BCUT2D eigenvalue weighted by Crippen LogP contribution is 2.30. The number of para-hydroxylation sites is 1. The average Bonchev–Trinajstić information content (AvgIpc) is 3.28. The van der Waals surface area contributed by atoms with Gasteiger partial charge in [-0.05, 0) is 55.3 Å². The van der Waals surface area contributed by atoms with Gasteiger partial charge in [0, 0.05) is 37.6 Å². The maximum atomic E-state index is 12.6. The van der Waals surface area contributed by atoms with Crippen molar-refractivity contribution in [1.29, 1.82) is 5.26 Å². The molecular formula is C27H28N4O3. The SMILES string of the molecule is C=CCOc1ccc(-c2nn(-c3ccccc3)cc2/C=C(\C#N)C(=O)NCCCOC)c(C)c1. The molecule has 0 aliphatic carbocycles. The second-order valence-corrected chi connectivity index (χ2v) is 7.56. The van der Waals surface area contributed by atoms with Crippen LogP contribution in [-0.2, 0) is 9.53 Å². The van der Waals surface area contributed by atoms with E-state index < -0.39 is 5.91 Å². The predicted molar refractivity (Wildman–Crippen MR) is 133 cm³/mol. The highest BCUT2D eigenvalue weighted by atomic mass is 16.5. The number of nitrogens with one attached hydrogen (secondary N) is 1. The van der Waals surface area contributed by atoms with Crippen molar-refractivity contribution in [2.24, 2.45) is 0 Å². The largest absolute Gasteiger partial charge is 0.490 e. The molecule has 0 aliphatic heterocycles. The van der Waals surface area contributed by atoms with Gasteiger partial charge in [-0.3, -0.25) is 4.79 Å². The number of benzene rings is 2. The van der Waals surface area contributed by atoms with Crippen LogP contribution in [0.15, 0.2) is 73.0 Å². The van der Waals surface area contributed by atoms with Gasteiger partial charge in [0.05, 0.1) is 5.69 Å². The van der Waals surface area contributed by atoms with Gasteiger partial charge in [0.15, 0.2) is 0 Å². The van der Waals surface area contributed by atoms with Gasteiger partial charge in [-0.1, -0.05) is 30.9 Å². The summed E-state index contributed by atoms with van der Waals surface area (Å²) in [5.74, 6) is 0.302. The molecule has 0 radical (unpaired) electrons. The number of nitrogens with zero attached hydrogens (tertiary/aromatic N) is 3. The molecule has 0 saturated heterocycles. The van der Waals surface area contributed by atoms with Crippen LogP contribution in [0.4, 0.5) is 0 Å². The smallest absolute Gasteiger partial charge is 0.261 e. The zero-order valence-electron chi connectivity index (χ0n) is 19.5. The Morgan fingerprint density at radius 3 is 2.74 bits per heavy atom. The lowest BCUT2D eigenvalue weighted by Crippen LogP contribution is -2.26. The number of rotatable bonds is 11. The molecule has 174 valence electrons. The van der Waals surface area contributed by atoms with Crippen molar-refractivity contribution < 1.29 is 14.3 Å². The predicted octanol–water partition coefficient (Wildman–Crippen LogP) is 4.47. The van der Waals surface area contributed by atoms with Crippen molar-refractivity contribution in [3.63, 3.8) is 0 Å². The molecule has 0 bridgehead atoms. The van der Waals surface area contributed by atoms with Crippen LogP contribution in [0.3, 0.4) is 0 Å². The Morgan fingerprint density at radius 1 is 1.26 bits per heavy atom. The zero-order valence-corrected chi connectivity index (χ0v) is 19.5. The minimum atomic E-state index is -0.429. The molecule has 0 saturated carbocycles. The molecule has 0 spiro atoms. The van der Waals surface area contributed by atoms with Crippen LogP contribution in [-0.4, -0.2) is 42.6 Å². The molecule has 2 aromatic carbocycles. The monoisotopic (exact) mass is 456 g/mol. The Kier molecular flexibility index (Phi) is 8.78. The second kappa shape index (κ2) is 12.2. The Hall–Kier alpha value is -4.15. The molecule has 1 aromatic heterocycles. The number of aryl methyl sites for hydroxylation is 1. The van der Waals surface area contributed by atoms with Gasteiger partial charge in [-0.15, -0.1) is 0 Å². The maximum absolute atomic E-state index is 12.6. The summed E-state index contributed by atoms with van der Waals surface area (Å²) in [5.41, 5.74) is 4.04. The van der Waals surface area contributed by atoms with Crippen molar-refractivity contribution in [1.82, 2.24) is 15.1 Å². The summed E-state index contributed by atoms with van der Waals surface area (Å²) in [7, 11) is 1.61. The number of carbonyl (C=O) groups excluding carboxylic acids is 1. The van der Waals surface area contributed by atoms with Crippen LogP contribution in [0.5, 0.6) is 5.75 Å². The van der Waals surface area contributed by atoms with E-state index in [2.05, 4.69) is 11.9 Å². The van der Waals surface area contributed by atoms with E-state index >= 15 is 0 Å². The molecule has 3 rings (SSSR count). The van der Waals surface area contributed by atoms with Crippen molar-refractivity contribution in [2.75, 3.05) is 26.9 Å². The summed E-state index contributed by atoms with van der Waals surface area (Å²) in [6.45, 7) is 7.02. The van der Waals surface area contributed by atoms with E-state index in [1.807, 2.05) is 67.7 Å². The Bertz CT molecular complexity index is 1210. The van der Waals surface area contributed by atoms with Crippen molar-refractivity contribution >= 4 is 12.0 Å². The van der Waals surface area contributed by atoms with Crippen LogP contribution >= 0.6 is 0 Å². The number of nitriles is 1. The summed E-state index contributed by atoms with van der Waals surface area (Å²) in [6, 6.07) is 17.4. The first kappa shape index (κ1) is 24.5. The zero-order chi connectivity index (χ0) is 24.3. The third-order valence-corrected chi connectivity index (χ3v) is 5.06. The molecule has 0 atom stereocenters. The van der Waals surface area contributed by atoms with Gasteiger partial charge in [0.25, 0.3) is 5.91 Å². The fraction of sp³-hybridized carbons (Fsp3) is 0.222. The number of hydrogen-bond donors (Lipinski definition) is 1. The van der Waals surface area contributed by atoms with Crippen LogP contribution in [0.2, 0.25) is 0 Å². The van der Waals surface area contributed by atoms with E-state index in [1.54, 1.807) is 23.9 Å². The number of methoxy groups -OCH3 is 1. The fourth-order valence-electron chi connectivity index (χ4n) is 3.38. The first-order valence-corrected chi connectivity index (χ1v) is 11.0. The van der Waals surface area contributed by atoms with Gasteiger partial charge in [-0.25, -0.2) is 4.68 Å². The second-order valence-electron chi connectivity index (χ2n) is 7.56. The van der Waals surface area contributed by atoms with Crippen molar-refractivity contribution in [2.45, 2.75) is 13.3 Å². The molecule has 34 heavy (non-hydrogen) atoms. The summed E-state index contributed by atoms with van der Waals surface area (Å²) < 4.78 is 12.4. The third kappa shape index (κ3) is 6.21. The summed E-state index contributed by atoms with van der Waals surface area (Å²) in [6.07, 6.45) is 5.76. The molecule has 1 N–H and O–H groups in total. The van der Waals surface area contributed by atoms with Crippen molar-refractivity contribution in [3.05, 3.63) is 84.1 Å². The number of amides is 1. The summed E-state index contributed by atoms with van der Waals surface area (Å²) in [5, 5.41) is 17.2. The van der Waals surface area contributed by atoms with E-state index in [0.29, 0.717) is 37.4 Å². The highest BCUT2D eigenvalue weighted by Gasteiger charge is 2.16. The summed E-state index contributed by atoms with van der Waals surface area (Å²) >= 11 is 0. The number of aromatic nitrogens is 2. The number of carbonyl (C=O) groups is 1. The summed E-state index contributed by atoms with van der Waals surface area (Å²) in [4.78, 5) is 12.6. The third-order valence-electron chi connectivity index (χ3n) is 5.06. The minimum absolute atomic E-state index is 0.00914. The van der Waals surface area contributed by atoms with Crippen molar-refractivity contribution in [3.8, 4) is 28.8 Å². The van der Waals surface area contributed by atoms with Gasteiger partial charge < -0.3 is 14.8 Å². The van der Waals surface area contributed by atoms with E-state index in [-0.39, 0.29) is 5.57 Å². The van der Waals surface area contributed by atoms with E-state index in [4.69, 9.17) is 14.6 Å². The lowest BCUT2D eigenvalue weighted by atomic mass is 10.0. The van der Waals surface area contributed by atoms with E-state index in [9.17, 15) is 10.1 Å². The van der Waals surface area contributed by atoms with Crippen LogP contribution in [0, 0.1) is 18.3 Å². The lowest BCUT2D eigenvalue weighted by molar-refractivity contribution is -0.117. The van der Waals surface area contributed by atoms with Crippen LogP contribution < -0.4 is 10.1 Å². The molecule has 7 nitrogen and oxygen atoms in total. The molecule has 3 aromatic rings. The number of hydrogen-bond acceptors (Lipinski definition) is 5. The normalized spacial score (nSPS) is 11.0. The first-order valence-electron chi connectivity index (χ1n) is 11.0. The lowest BCUT2D eigenvalue weighted by Gasteiger charge is -2.09. The molecule has 0 aliphatic rings. The Morgan fingerprint density at radius 2 is 2.06 bits per heavy atom. The Labute approximate surface area is 199 Å². The molecule has 0 fully saturated rings. The average molecular weight is 457 g/mol. The quantitative estimate of drug-likeness (QED) is 0.199.